The summed E-state index contributed by atoms with van der Waals surface area (Å²) in [6.07, 6.45) is 0.949. The number of ether oxygens (including phenoxy) is 2. The molecule has 0 aromatic rings. The minimum Gasteiger partial charge on any atom is -0.396 e. The summed E-state index contributed by atoms with van der Waals surface area (Å²) in [4.78, 5) is 10.5. The van der Waals surface area contributed by atoms with Gasteiger partial charge in [-0.2, -0.15) is 0 Å². The van der Waals surface area contributed by atoms with Crippen LogP contribution in [-0.2, 0) is 14.3 Å². The molecule has 0 saturated carbocycles. The van der Waals surface area contributed by atoms with E-state index in [1.807, 2.05) is 0 Å². The first-order valence-electron chi connectivity index (χ1n) is 4.44. The normalized spacial score (nSPS) is 17.1. The summed E-state index contributed by atoms with van der Waals surface area (Å²) < 4.78 is 10.1. The number of methoxy groups -OCH3 is 1. The molecule has 0 rings (SSSR count). The molecule has 0 saturated heterocycles. The highest BCUT2D eigenvalue weighted by Gasteiger charge is 2.20. The first-order chi connectivity index (χ1) is 6.69. The Morgan fingerprint density at radius 3 is 2.57 bits per heavy atom. The van der Waals surface area contributed by atoms with Gasteiger partial charge in [0.1, 0.15) is 6.29 Å². The van der Waals surface area contributed by atoms with E-state index in [9.17, 15) is 4.79 Å². The molecule has 3 atom stereocenters. The first kappa shape index (κ1) is 13.2. The predicted molar refractivity (Wildman–Crippen MR) is 51.4 cm³/mol. The van der Waals surface area contributed by atoms with Crippen LogP contribution in [0.2, 0.25) is 0 Å². The van der Waals surface area contributed by atoms with Gasteiger partial charge in [-0.3, -0.25) is 0 Å². The van der Waals surface area contributed by atoms with Gasteiger partial charge in [-0.05, 0) is 6.42 Å². The second kappa shape index (κ2) is 7.61. The van der Waals surface area contributed by atoms with Crippen LogP contribution in [0.15, 0.2) is 0 Å². The standard InChI is InChI=1S/C9H17NO4/c1-7(6-12)8(3-4-11)14-9(5-10)13-2/h5-11H,3-4H2,1-2H3. The lowest BCUT2D eigenvalue weighted by molar-refractivity contribution is -0.139. The summed E-state index contributed by atoms with van der Waals surface area (Å²) in [5, 5.41) is 15.7. The van der Waals surface area contributed by atoms with Gasteiger partial charge in [-0.15, -0.1) is 0 Å². The minimum atomic E-state index is -0.756. The Morgan fingerprint density at radius 1 is 1.57 bits per heavy atom. The third-order valence-electron chi connectivity index (χ3n) is 1.89. The average Bonchev–Trinajstić information content (AvgIpc) is 2.23. The number of hydrogen-bond donors (Lipinski definition) is 2. The molecule has 3 unspecified atom stereocenters. The Labute approximate surface area is 83.5 Å². The summed E-state index contributed by atoms with van der Waals surface area (Å²) in [5.41, 5.74) is 0. The van der Waals surface area contributed by atoms with Crippen LogP contribution in [0.1, 0.15) is 13.3 Å². The number of aldehydes is 1. The Bertz CT molecular complexity index is 168. The van der Waals surface area contributed by atoms with E-state index in [1.165, 1.54) is 7.11 Å². The fourth-order valence-electron chi connectivity index (χ4n) is 1.00. The predicted octanol–water partition coefficient (Wildman–Crippen LogP) is 0.211. The SMILES string of the molecule is COC(C=N)OC(CCO)C(C)C=O. The van der Waals surface area contributed by atoms with E-state index in [4.69, 9.17) is 20.0 Å². The van der Waals surface area contributed by atoms with E-state index in [0.29, 0.717) is 6.42 Å². The van der Waals surface area contributed by atoms with Gasteiger partial charge in [-0.1, -0.05) is 6.92 Å². The van der Waals surface area contributed by atoms with Crippen LogP contribution < -0.4 is 0 Å². The van der Waals surface area contributed by atoms with E-state index >= 15 is 0 Å². The molecule has 0 fully saturated rings. The zero-order chi connectivity index (χ0) is 11.0. The van der Waals surface area contributed by atoms with Crippen molar-refractivity contribution in [1.82, 2.24) is 0 Å². The summed E-state index contributed by atoms with van der Waals surface area (Å²) in [6, 6.07) is 0. The number of nitrogens with one attached hydrogen (secondary N) is 1. The van der Waals surface area contributed by atoms with Crippen molar-refractivity contribution in [3.8, 4) is 0 Å². The molecule has 5 nitrogen and oxygen atoms in total. The molecule has 0 aliphatic carbocycles. The van der Waals surface area contributed by atoms with Crippen molar-refractivity contribution in [2.45, 2.75) is 25.7 Å². The zero-order valence-corrected chi connectivity index (χ0v) is 8.47. The molecule has 5 heteroatoms. The molecule has 2 N–H and O–H groups in total. The summed E-state index contributed by atoms with van der Waals surface area (Å²) in [7, 11) is 1.41. The molecule has 0 bridgehead atoms. The van der Waals surface area contributed by atoms with E-state index in [1.54, 1.807) is 6.92 Å². The van der Waals surface area contributed by atoms with Gasteiger partial charge in [-0.25, -0.2) is 0 Å². The topological polar surface area (TPSA) is 79.6 Å². The molecule has 0 amide bonds. The van der Waals surface area contributed by atoms with Crippen molar-refractivity contribution in [3.05, 3.63) is 0 Å². The molecule has 14 heavy (non-hydrogen) atoms. The summed E-state index contributed by atoms with van der Waals surface area (Å²) >= 11 is 0. The maximum absolute atomic E-state index is 10.5. The second-order valence-corrected chi connectivity index (χ2v) is 2.95. The van der Waals surface area contributed by atoms with Gasteiger partial charge < -0.3 is 24.8 Å². The number of hydrogen-bond acceptors (Lipinski definition) is 5. The molecule has 0 spiro atoms. The maximum atomic E-state index is 10.5. The van der Waals surface area contributed by atoms with Gasteiger partial charge in [0.15, 0.2) is 6.29 Å². The molecular formula is C9H17NO4. The van der Waals surface area contributed by atoms with Crippen LogP contribution in [0.25, 0.3) is 0 Å². The Kier molecular flexibility index (Phi) is 7.18. The average molecular weight is 203 g/mol. The molecule has 0 heterocycles. The molecule has 82 valence electrons. The van der Waals surface area contributed by atoms with Crippen LogP contribution in [-0.4, -0.2) is 43.7 Å². The first-order valence-corrected chi connectivity index (χ1v) is 4.44. The lowest BCUT2D eigenvalue weighted by Gasteiger charge is -2.23. The quantitative estimate of drug-likeness (QED) is 0.336. The lowest BCUT2D eigenvalue weighted by Crippen LogP contribution is -2.31. The third-order valence-corrected chi connectivity index (χ3v) is 1.89. The maximum Gasteiger partial charge on any atom is 0.193 e. The lowest BCUT2D eigenvalue weighted by atomic mass is 10.0. The van der Waals surface area contributed by atoms with E-state index in [2.05, 4.69) is 0 Å². The van der Waals surface area contributed by atoms with Gasteiger partial charge in [0.05, 0.1) is 12.3 Å². The molecule has 0 aromatic heterocycles. The van der Waals surface area contributed by atoms with Gasteiger partial charge in [0.2, 0.25) is 0 Å². The van der Waals surface area contributed by atoms with Crippen LogP contribution in [0.3, 0.4) is 0 Å². The van der Waals surface area contributed by atoms with E-state index in [-0.39, 0.29) is 12.5 Å². The summed E-state index contributed by atoms with van der Waals surface area (Å²) in [6.45, 7) is 1.64. The Hall–Kier alpha value is -0.780. The van der Waals surface area contributed by atoms with Crippen molar-refractivity contribution < 1.29 is 19.4 Å². The number of carbonyl (C=O) groups is 1. The fraction of sp³-hybridized carbons (Fsp3) is 0.778. The third kappa shape index (κ3) is 4.45. The Balaban J connectivity index is 4.18. The smallest absolute Gasteiger partial charge is 0.193 e. The van der Waals surface area contributed by atoms with Crippen LogP contribution >= 0.6 is 0 Å². The number of aliphatic hydroxyl groups excluding tert-OH is 1. The zero-order valence-electron chi connectivity index (χ0n) is 8.47. The van der Waals surface area contributed by atoms with Crippen LogP contribution in [0, 0.1) is 11.3 Å². The minimum absolute atomic E-state index is 0.0583. The number of rotatable bonds is 8. The van der Waals surface area contributed by atoms with Crippen LogP contribution in [0.5, 0.6) is 0 Å². The monoisotopic (exact) mass is 203 g/mol. The molecule has 0 radical (unpaired) electrons. The molecule has 0 aromatic carbocycles. The Morgan fingerprint density at radius 2 is 2.21 bits per heavy atom. The number of aliphatic hydroxyl groups is 1. The largest absolute Gasteiger partial charge is 0.396 e. The highest BCUT2D eigenvalue weighted by atomic mass is 16.7. The fourth-order valence-corrected chi connectivity index (χ4v) is 1.00. The van der Waals surface area contributed by atoms with Gasteiger partial charge in [0.25, 0.3) is 0 Å². The molecule has 0 aliphatic heterocycles. The highest BCUT2D eigenvalue weighted by molar-refractivity contribution is 5.57. The van der Waals surface area contributed by atoms with Crippen molar-refractivity contribution in [1.29, 1.82) is 5.41 Å². The van der Waals surface area contributed by atoms with Crippen molar-refractivity contribution in [2.24, 2.45) is 5.92 Å². The second-order valence-electron chi connectivity index (χ2n) is 2.95. The molecular weight excluding hydrogens is 186 g/mol. The summed E-state index contributed by atoms with van der Waals surface area (Å²) in [5.74, 6) is -0.320. The van der Waals surface area contributed by atoms with Crippen molar-refractivity contribution in [2.75, 3.05) is 13.7 Å². The van der Waals surface area contributed by atoms with Gasteiger partial charge >= 0.3 is 0 Å². The number of carbonyl (C=O) groups excluding carboxylic acids is 1. The van der Waals surface area contributed by atoms with E-state index in [0.717, 1.165) is 12.5 Å². The van der Waals surface area contributed by atoms with E-state index < -0.39 is 12.4 Å². The highest BCUT2D eigenvalue weighted by Crippen LogP contribution is 2.11. The van der Waals surface area contributed by atoms with Crippen molar-refractivity contribution >= 4 is 12.5 Å². The van der Waals surface area contributed by atoms with Crippen molar-refractivity contribution in [3.63, 3.8) is 0 Å². The van der Waals surface area contributed by atoms with Crippen LogP contribution in [0.4, 0.5) is 0 Å². The molecule has 0 aliphatic rings. The van der Waals surface area contributed by atoms with Gasteiger partial charge in [0, 0.05) is 19.6 Å².